The monoisotopic (exact) mass is 655 g/mol. The number of hydrogen-bond donors (Lipinski definition) is 1. The number of unbranched alkanes of at least 4 members (excludes halogenated alkanes) is 18. The fourth-order valence-corrected chi connectivity index (χ4v) is 5.27. The van der Waals surface area contributed by atoms with Gasteiger partial charge in [-0.1, -0.05) is 161 Å². The fourth-order valence-electron chi connectivity index (χ4n) is 5.27. The van der Waals surface area contributed by atoms with Gasteiger partial charge in [-0.15, -0.1) is 0 Å². The lowest BCUT2D eigenvalue weighted by atomic mass is 10.0. The van der Waals surface area contributed by atoms with E-state index in [1.54, 1.807) is 12.1 Å². The van der Waals surface area contributed by atoms with Gasteiger partial charge in [-0.2, -0.15) is 10.2 Å². The predicted molar refractivity (Wildman–Crippen MR) is 202 cm³/mol. The molecule has 0 saturated heterocycles. The van der Waals surface area contributed by atoms with Crippen molar-refractivity contribution in [2.24, 2.45) is 10.2 Å². The van der Waals surface area contributed by atoms with Gasteiger partial charge in [0.15, 0.2) is 0 Å². The summed E-state index contributed by atoms with van der Waals surface area (Å²) in [5.74, 6) is 0. The number of benzene rings is 1. The lowest BCUT2D eigenvalue weighted by molar-refractivity contribution is -0.384. The highest BCUT2D eigenvalue weighted by Crippen LogP contribution is 2.20. The molecule has 0 amide bonds. The Morgan fingerprint density at radius 3 is 1.62 bits per heavy atom. The lowest BCUT2D eigenvalue weighted by Gasteiger charge is -2.24. The van der Waals surface area contributed by atoms with Crippen molar-refractivity contribution in [3.63, 3.8) is 0 Å². The van der Waals surface area contributed by atoms with E-state index in [4.69, 9.17) is 0 Å². The molecule has 0 spiro atoms. The van der Waals surface area contributed by atoms with Crippen LogP contribution in [0.2, 0.25) is 0 Å². The topological polar surface area (TPSA) is 91.3 Å². The second kappa shape index (κ2) is 33.1. The first-order valence-corrected chi connectivity index (χ1v) is 19.0. The number of rotatable bonds is 29. The van der Waals surface area contributed by atoms with Crippen molar-refractivity contribution in [1.29, 1.82) is 0 Å². The van der Waals surface area contributed by atoms with Crippen LogP contribution in [0, 0.1) is 10.1 Å². The van der Waals surface area contributed by atoms with E-state index in [-0.39, 0.29) is 12.3 Å². The van der Waals surface area contributed by atoms with E-state index in [1.807, 2.05) is 25.2 Å². The Labute approximate surface area is 288 Å². The fraction of sp³-hybridized carbons (Fsp3) is 0.700. The highest BCUT2D eigenvalue weighted by molar-refractivity contribution is 5.43. The first-order valence-electron chi connectivity index (χ1n) is 19.0. The number of nitro groups is 1. The maximum atomic E-state index is 10.7. The van der Waals surface area contributed by atoms with Crippen LogP contribution in [0.15, 0.2) is 70.7 Å². The summed E-state index contributed by atoms with van der Waals surface area (Å²) in [6.07, 6.45) is 34.5. The number of non-ortho nitro benzene ring substituents is 1. The zero-order valence-corrected chi connectivity index (χ0v) is 30.8. The Morgan fingerprint density at radius 2 is 1.21 bits per heavy atom. The molecule has 0 aliphatic carbocycles. The maximum absolute atomic E-state index is 10.7. The molecular formula is C40H70N4O3. The summed E-state index contributed by atoms with van der Waals surface area (Å²) < 4.78 is 0. The maximum Gasteiger partial charge on any atom is 0.269 e. The van der Waals surface area contributed by atoms with Crippen molar-refractivity contribution in [3.8, 4) is 0 Å². The average Bonchev–Trinajstić information content (AvgIpc) is 3.08. The zero-order valence-electron chi connectivity index (χ0n) is 30.8. The first-order chi connectivity index (χ1) is 22.9. The second-order valence-electron chi connectivity index (χ2n) is 12.6. The summed E-state index contributed by atoms with van der Waals surface area (Å²) in [5.41, 5.74) is 2.24. The Hall–Kier alpha value is -2.80. The molecule has 268 valence electrons. The Balaban J connectivity index is 0.00000101. The SMILES string of the molecule is C=C(/C=C\C/C(=C\C)N=Nc1ccc([N+](=O)[O-])cc1)N(CCO)CCCCCC.CCCCCCCCCCCCCCCCCC. The molecule has 0 fully saturated rings. The molecule has 7 nitrogen and oxygen atoms in total. The molecule has 1 N–H and O–H groups in total. The second-order valence-corrected chi connectivity index (χ2v) is 12.6. The summed E-state index contributed by atoms with van der Waals surface area (Å²) in [7, 11) is 0. The van der Waals surface area contributed by atoms with Crippen LogP contribution in [-0.4, -0.2) is 34.6 Å². The van der Waals surface area contributed by atoms with E-state index in [2.05, 4.69) is 42.5 Å². The molecule has 0 heterocycles. The number of nitro benzene ring substituents is 1. The molecule has 7 heteroatoms. The minimum absolute atomic E-state index is 0.0266. The van der Waals surface area contributed by atoms with Crippen LogP contribution in [0.5, 0.6) is 0 Å². The largest absolute Gasteiger partial charge is 0.395 e. The van der Waals surface area contributed by atoms with Crippen LogP contribution in [0.3, 0.4) is 0 Å². The van der Waals surface area contributed by atoms with Crippen LogP contribution in [0.25, 0.3) is 0 Å². The summed E-state index contributed by atoms with van der Waals surface area (Å²) in [5, 5.41) is 28.3. The molecule has 0 aliphatic heterocycles. The molecule has 47 heavy (non-hydrogen) atoms. The van der Waals surface area contributed by atoms with Gasteiger partial charge in [-0.25, -0.2) is 0 Å². The Morgan fingerprint density at radius 1 is 0.766 bits per heavy atom. The van der Waals surface area contributed by atoms with Crippen LogP contribution < -0.4 is 0 Å². The quantitative estimate of drug-likeness (QED) is 0.0306. The third kappa shape index (κ3) is 26.9. The third-order valence-corrected chi connectivity index (χ3v) is 8.34. The van der Waals surface area contributed by atoms with Crippen molar-refractivity contribution < 1.29 is 10.0 Å². The molecule has 0 atom stereocenters. The molecule has 0 radical (unpaired) electrons. The van der Waals surface area contributed by atoms with E-state index >= 15 is 0 Å². The Kier molecular flexibility index (Phi) is 31.1. The molecule has 0 aromatic heterocycles. The minimum Gasteiger partial charge on any atom is -0.395 e. The summed E-state index contributed by atoms with van der Waals surface area (Å²) in [4.78, 5) is 12.3. The summed E-state index contributed by atoms with van der Waals surface area (Å²) in [6, 6.07) is 5.95. The van der Waals surface area contributed by atoms with Gasteiger partial charge in [0.05, 0.1) is 22.9 Å². The third-order valence-electron chi connectivity index (χ3n) is 8.34. The van der Waals surface area contributed by atoms with Crippen LogP contribution >= 0.6 is 0 Å². The number of aliphatic hydroxyl groups is 1. The van der Waals surface area contributed by atoms with Crippen LogP contribution in [0.4, 0.5) is 11.4 Å². The standard InChI is InChI=1S/C22H32N4O3.C18H38/c1-4-6-7-8-16-25(17-18-27)19(3)10-9-11-20(5-2)23-24-21-12-14-22(15-13-21)26(28)29;1-3-5-7-9-11-13-15-17-18-16-14-12-10-8-6-4-2/h5,9-10,12-15,27H,3-4,6-8,11,16-18H2,1-2H3;3-18H2,1-2H3/b10-9-,20-5+,24-23?;. The van der Waals surface area contributed by atoms with Gasteiger partial charge < -0.3 is 10.0 Å². The number of allylic oxidation sites excluding steroid dienone is 3. The molecule has 1 aromatic carbocycles. The summed E-state index contributed by atoms with van der Waals surface area (Å²) >= 11 is 0. The normalized spacial score (nSPS) is 11.6. The van der Waals surface area contributed by atoms with Crippen LogP contribution in [-0.2, 0) is 0 Å². The molecule has 0 saturated carbocycles. The molecule has 0 unspecified atom stereocenters. The number of aliphatic hydroxyl groups excluding tert-OH is 1. The smallest absolute Gasteiger partial charge is 0.269 e. The van der Waals surface area contributed by atoms with E-state index in [0.717, 1.165) is 24.4 Å². The van der Waals surface area contributed by atoms with Gasteiger partial charge in [-0.3, -0.25) is 10.1 Å². The summed E-state index contributed by atoms with van der Waals surface area (Å²) in [6.45, 7) is 14.3. The van der Waals surface area contributed by atoms with Crippen LogP contribution in [0.1, 0.15) is 163 Å². The molecule has 0 aliphatic rings. The van der Waals surface area contributed by atoms with Crippen molar-refractivity contribution in [2.75, 3.05) is 19.7 Å². The first kappa shape index (κ1) is 44.2. The molecule has 1 aromatic rings. The highest BCUT2D eigenvalue weighted by atomic mass is 16.6. The molecule has 0 bridgehead atoms. The number of nitrogens with zero attached hydrogens (tertiary/aromatic N) is 4. The van der Waals surface area contributed by atoms with E-state index in [0.29, 0.717) is 18.7 Å². The van der Waals surface area contributed by atoms with Crippen molar-refractivity contribution in [3.05, 3.63) is 70.6 Å². The van der Waals surface area contributed by atoms with Crippen molar-refractivity contribution in [2.45, 2.75) is 163 Å². The van der Waals surface area contributed by atoms with Gasteiger partial charge in [-0.05, 0) is 31.6 Å². The average molecular weight is 655 g/mol. The minimum atomic E-state index is -0.445. The molecule has 1 rings (SSSR count). The van der Waals surface area contributed by atoms with Gasteiger partial charge in [0.25, 0.3) is 5.69 Å². The van der Waals surface area contributed by atoms with Gasteiger partial charge in [0.1, 0.15) is 0 Å². The Bertz CT molecular complexity index is 956. The highest BCUT2D eigenvalue weighted by Gasteiger charge is 2.05. The van der Waals surface area contributed by atoms with Gasteiger partial charge in [0.2, 0.25) is 0 Å². The predicted octanol–water partition coefficient (Wildman–Crippen LogP) is 13.2. The van der Waals surface area contributed by atoms with E-state index in [1.165, 1.54) is 134 Å². The lowest BCUT2D eigenvalue weighted by Crippen LogP contribution is -2.26. The van der Waals surface area contributed by atoms with Gasteiger partial charge >= 0.3 is 0 Å². The van der Waals surface area contributed by atoms with E-state index in [9.17, 15) is 15.2 Å². The molecular weight excluding hydrogens is 584 g/mol. The number of azo groups is 1. The number of hydrogen-bond acceptors (Lipinski definition) is 6. The van der Waals surface area contributed by atoms with E-state index < -0.39 is 4.92 Å². The van der Waals surface area contributed by atoms with Crippen molar-refractivity contribution in [1.82, 2.24) is 4.90 Å². The zero-order chi connectivity index (χ0) is 34.8. The van der Waals surface area contributed by atoms with Crippen molar-refractivity contribution >= 4 is 11.4 Å². The van der Waals surface area contributed by atoms with Gasteiger partial charge in [0, 0.05) is 37.3 Å².